The van der Waals surface area contributed by atoms with Crippen molar-refractivity contribution in [1.29, 1.82) is 0 Å². The van der Waals surface area contributed by atoms with Gasteiger partial charge in [0.05, 0.1) is 6.04 Å². The maximum absolute atomic E-state index is 12.2. The Labute approximate surface area is 146 Å². The van der Waals surface area contributed by atoms with E-state index >= 15 is 0 Å². The lowest BCUT2D eigenvalue weighted by atomic mass is 10.1. The Morgan fingerprint density at radius 2 is 1.88 bits per heavy atom. The largest absolute Gasteiger partial charge is 0.456 e. The number of rotatable bonds is 8. The summed E-state index contributed by atoms with van der Waals surface area (Å²) in [6, 6.07) is 13.5. The number of benzene rings is 1. The van der Waals surface area contributed by atoms with E-state index in [2.05, 4.69) is 5.32 Å². The van der Waals surface area contributed by atoms with Crippen LogP contribution in [0, 0.1) is 5.92 Å². The van der Waals surface area contributed by atoms with Gasteiger partial charge in [0.2, 0.25) is 0 Å². The molecule has 0 spiro atoms. The van der Waals surface area contributed by atoms with Crippen molar-refractivity contribution < 1.29 is 14.3 Å². The van der Waals surface area contributed by atoms with Crippen molar-refractivity contribution in [2.24, 2.45) is 5.92 Å². The Balaban J connectivity index is 1.93. The quantitative estimate of drug-likeness (QED) is 0.738. The van der Waals surface area contributed by atoms with E-state index in [1.165, 1.54) is 0 Å². The summed E-state index contributed by atoms with van der Waals surface area (Å²) in [5.74, 6) is -0.186. The molecule has 1 atom stereocenters. The van der Waals surface area contributed by atoms with Gasteiger partial charge in [0.25, 0.3) is 5.91 Å². The molecule has 1 aromatic heterocycles. The predicted octanol–water partition coefficient (Wildman–Crippen LogP) is 3.93. The van der Waals surface area contributed by atoms with Crippen molar-refractivity contribution in [2.45, 2.75) is 32.7 Å². The zero-order valence-electron chi connectivity index (χ0n) is 14.0. The smallest absolute Gasteiger partial charge is 0.306 e. The number of esters is 1. The number of ether oxygens (including phenoxy) is 1. The lowest BCUT2D eigenvalue weighted by Crippen LogP contribution is -2.32. The van der Waals surface area contributed by atoms with Crippen LogP contribution >= 0.6 is 11.3 Å². The van der Waals surface area contributed by atoms with Crippen molar-refractivity contribution in [2.75, 3.05) is 6.61 Å². The minimum Gasteiger partial charge on any atom is -0.456 e. The molecule has 1 N–H and O–H groups in total. The van der Waals surface area contributed by atoms with Crippen molar-refractivity contribution in [3.8, 4) is 0 Å². The van der Waals surface area contributed by atoms with E-state index in [-0.39, 0.29) is 24.5 Å². The number of hydrogen-bond donors (Lipinski definition) is 1. The van der Waals surface area contributed by atoms with E-state index in [4.69, 9.17) is 4.74 Å². The number of thiophene rings is 1. The van der Waals surface area contributed by atoms with Crippen molar-refractivity contribution in [1.82, 2.24) is 5.32 Å². The zero-order chi connectivity index (χ0) is 17.4. The number of amides is 1. The number of hydrogen-bond acceptors (Lipinski definition) is 4. The molecule has 2 aromatic rings. The molecule has 0 aliphatic carbocycles. The van der Waals surface area contributed by atoms with Crippen LogP contribution in [0.4, 0.5) is 0 Å². The molecule has 4 nitrogen and oxygen atoms in total. The predicted molar refractivity (Wildman–Crippen MR) is 95.8 cm³/mol. The molecular formula is C19H23NO3S. The molecule has 0 radical (unpaired) electrons. The van der Waals surface area contributed by atoms with Crippen LogP contribution in [0.15, 0.2) is 47.8 Å². The summed E-state index contributed by atoms with van der Waals surface area (Å²) in [7, 11) is 0. The first-order valence-electron chi connectivity index (χ1n) is 8.09. The van der Waals surface area contributed by atoms with Crippen molar-refractivity contribution >= 4 is 23.2 Å². The molecular weight excluding hydrogens is 322 g/mol. The molecule has 0 saturated heterocycles. The van der Waals surface area contributed by atoms with Crippen LogP contribution < -0.4 is 5.32 Å². The van der Waals surface area contributed by atoms with Crippen LogP contribution in [-0.2, 0) is 14.3 Å². The molecule has 0 unspecified atom stereocenters. The Morgan fingerprint density at radius 1 is 1.12 bits per heavy atom. The highest BCUT2D eigenvalue weighted by Gasteiger charge is 2.18. The summed E-state index contributed by atoms with van der Waals surface area (Å²) in [6.45, 7) is 3.85. The fraction of sp³-hybridized carbons (Fsp3) is 0.368. The highest BCUT2D eigenvalue weighted by atomic mass is 32.1. The topological polar surface area (TPSA) is 55.4 Å². The van der Waals surface area contributed by atoms with Crippen LogP contribution in [0.25, 0.3) is 0 Å². The van der Waals surface area contributed by atoms with Crippen LogP contribution in [0.1, 0.15) is 43.2 Å². The lowest BCUT2D eigenvalue weighted by molar-refractivity contribution is -0.148. The van der Waals surface area contributed by atoms with Crippen LogP contribution in [-0.4, -0.2) is 18.5 Å². The molecule has 0 saturated carbocycles. The summed E-state index contributed by atoms with van der Waals surface area (Å²) in [6.07, 6.45) is 1.11. The van der Waals surface area contributed by atoms with E-state index in [1.54, 1.807) is 11.3 Å². The summed E-state index contributed by atoms with van der Waals surface area (Å²) < 4.78 is 5.06. The van der Waals surface area contributed by atoms with Crippen LogP contribution in [0.2, 0.25) is 0 Å². The highest BCUT2D eigenvalue weighted by molar-refractivity contribution is 7.10. The van der Waals surface area contributed by atoms with Gasteiger partial charge in [-0.25, -0.2) is 0 Å². The number of carbonyl (C=O) groups excluding carboxylic acids is 2. The van der Waals surface area contributed by atoms with Gasteiger partial charge in [-0.1, -0.05) is 50.2 Å². The molecule has 1 amide bonds. The van der Waals surface area contributed by atoms with Gasteiger partial charge in [-0.3, -0.25) is 9.59 Å². The monoisotopic (exact) mass is 345 g/mol. The molecule has 1 aromatic carbocycles. The van der Waals surface area contributed by atoms with Crippen LogP contribution in [0.5, 0.6) is 0 Å². The normalized spacial score (nSPS) is 12.0. The molecule has 0 fully saturated rings. The summed E-state index contributed by atoms with van der Waals surface area (Å²) in [4.78, 5) is 24.9. The average Bonchev–Trinajstić information content (AvgIpc) is 3.11. The lowest BCUT2D eigenvalue weighted by Gasteiger charge is -2.18. The molecule has 0 aliphatic rings. The number of carbonyl (C=O) groups is 2. The molecule has 0 bridgehead atoms. The summed E-state index contributed by atoms with van der Waals surface area (Å²) >= 11 is 1.58. The fourth-order valence-electron chi connectivity index (χ4n) is 2.25. The maximum atomic E-state index is 12.2. The Hall–Kier alpha value is -2.14. The maximum Gasteiger partial charge on any atom is 0.306 e. The van der Waals surface area contributed by atoms with Gasteiger partial charge >= 0.3 is 5.97 Å². The summed E-state index contributed by atoms with van der Waals surface area (Å²) in [5, 5.41) is 4.93. The van der Waals surface area contributed by atoms with Gasteiger partial charge in [0.15, 0.2) is 6.61 Å². The third-order valence-corrected chi connectivity index (χ3v) is 4.49. The Kier molecular flexibility index (Phi) is 7.00. The van der Waals surface area contributed by atoms with Gasteiger partial charge in [-0.2, -0.15) is 0 Å². The Morgan fingerprint density at radius 3 is 2.50 bits per heavy atom. The fourth-order valence-corrected chi connectivity index (χ4v) is 3.05. The third-order valence-electron chi connectivity index (χ3n) is 3.56. The first-order valence-corrected chi connectivity index (χ1v) is 8.97. The van der Waals surface area contributed by atoms with Gasteiger partial charge in [0.1, 0.15) is 0 Å². The second kappa shape index (κ2) is 9.23. The van der Waals surface area contributed by atoms with Gasteiger partial charge < -0.3 is 10.1 Å². The first kappa shape index (κ1) is 18.2. The van der Waals surface area contributed by atoms with Gasteiger partial charge in [-0.05, 0) is 29.3 Å². The molecule has 128 valence electrons. The molecule has 2 rings (SSSR count). The number of nitrogens with one attached hydrogen (secondary N) is 1. The SMILES string of the molecule is CC(C)CCC(=O)OCC(=O)N[C@H](c1ccccc1)c1cccs1. The minimum atomic E-state index is -0.328. The zero-order valence-corrected chi connectivity index (χ0v) is 14.8. The summed E-state index contributed by atoms with van der Waals surface area (Å²) in [5.41, 5.74) is 0.999. The van der Waals surface area contributed by atoms with E-state index in [9.17, 15) is 9.59 Å². The first-order chi connectivity index (χ1) is 11.6. The highest BCUT2D eigenvalue weighted by Crippen LogP contribution is 2.25. The van der Waals surface area contributed by atoms with Crippen LogP contribution in [0.3, 0.4) is 0 Å². The second-order valence-electron chi connectivity index (χ2n) is 6.02. The average molecular weight is 345 g/mol. The minimum absolute atomic E-state index is 0.229. The molecule has 5 heteroatoms. The molecule has 24 heavy (non-hydrogen) atoms. The van der Waals surface area contributed by atoms with Gasteiger partial charge in [-0.15, -0.1) is 11.3 Å². The third kappa shape index (κ3) is 5.81. The molecule has 1 heterocycles. The molecule has 0 aliphatic heterocycles. The van der Waals surface area contributed by atoms with Crippen molar-refractivity contribution in [3.63, 3.8) is 0 Å². The van der Waals surface area contributed by atoms with Gasteiger partial charge in [0, 0.05) is 11.3 Å². The van der Waals surface area contributed by atoms with E-state index in [0.717, 1.165) is 16.9 Å². The van der Waals surface area contributed by atoms with E-state index in [0.29, 0.717) is 12.3 Å². The van der Waals surface area contributed by atoms with E-state index in [1.807, 2.05) is 61.7 Å². The second-order valence-corrected chi connectivity index (χ2v) is 7.00. The van der Waals surface area contributed by atoms with E-state index < -0.39 is 0 Å². The Bertz CT molecular complexity index is 638. The van der Waals surface area contributed by atoms with Crippen molar-refractivity contribution in [3.05, 3.63) is 58.3 Å². The standard InChI is InChI=1S/C19H23NO3S/c1-14(2)10-11-18(22)23-13-17(21)20-19(16-9-6-12-24-16)15-7-4-3-5-8-15/h3-9,12,14,19H,10-11,13H2,1-2H3,(H,20,21)/t19-/m1/s1.